The Bertz CT molecular complexity index is 634. The van der Waals surface area contributed by atoms with Gasteiger partial charge in [-0.2, -0.15) is 11.3 Å². The zero-order chi connectivity index (χ0) is 13.9. The molecule has 0 aliphatic carbocycles. The second-order valence-corrected chi connectivity index (χ2v) is 6.04. The summed E-state index contributed by atoms with van der Waals surface area (Å²) < 4.78 is 25.3. The van der Waals surface area contributed by atoms with Gasteiger partial charge >= 0.3 is 0 Å². The first-order valence-electron chi connectivity index (χ1n) is 5.36. The minimum absolute atomic E-state index is 0.136. The smallest absolute Gasteiger partial charge is 0.264 e. The van der Waals surface area contributed by atoms with Crippen LogP contribution in [-0.2, 0) is 19.7 Å². The predicted molar refractivity (Wildman–Crippen MR) is 72.8 cm³/mol. The summed E-state index contributed by atoms with van der Waals surface area (Å²) in [5.74, 6) is 0. The van der Waals surface area contributed by atoms with E-state index in [2.05, 4.69) is 0 Å². The molecule has 7 heteroatoms. The predicted octanol–water partition coefficient (Wildman–Crippen LogP) is 2.53. The summed E-state index contributed by atoms with van der Waals surface area (Å²) in [7, 11) is -1.40. The topological polar surface area (TPSA) is 55.8 Å². The third-order valence-corrected chi connectivity index (χ3v) is 4.78. The number of sulfonamides is 1. The van der Waals surface area contributed by atoms with Gasteiger partial charge < -0.3 is 0 Å². The molecule has 0 unspecified atom stereocenters. The standard InChI is InChI=1S/C12H13NO4S2/c1-16-13(17-2)19(14,15)12-6-4-3-5-11(12)10-7-8-18-9-10/h3-9H,1-2H3. The van der Waals surface area contributed by atoms with Crippen molar-refractivity contribution in [2.45, 2.75) is 4.90 Å². The van der Waals surface area contributed by atoms with Gasteiger partial charge in [-0.25, -0.2) is 8.42 Å². The Hall–Kier alpha value is -1.25. The van der Waals surface area contributed by atoms with Crippen LogP contribution in [0, 0.1) is 0 Å². The fourth-order valence-corrected chi connectivity index (χ4v) is 3.62. The lowest BCUT2D eigenvalue weighted by Crippen LogP contribution is -2.29. The summed E-state index contributed by atoms with van der Waals surface area (Å²) in [6.45, 7) is 0. The summed E-state index contributed by atoms with van der Waals surface area (Å²) in [6, 6.07) is 8.58. The zero-order valence-electron chi connectivity index (χ0n) is 10.4. The van der Waals surface area contributed by atoms with E-state index in [1.807, 2.05) is 16.8 Å². The van der Waals surface area contributed by atoms with Crippen molar-refractivity contribution in [1.29, 1.82) is 0 Å². The Morgan fingerprint density at radius 2 is 1.79 bits per heavy atom. The van der Waals surface area contributed by atoms with Crippen LogP contribution in [0.3, 0.4) is 0 Å². The maximum atomic E-state index is 12.4. The van der Waals surface area contributed by atoms with Crippen molar-refractivity contribution in [3.8, 4) is 11.1 Å². The molecule has 0 saturated heterocycles. The van der Waals surface area contributed by atoms with Crippen molar-refractivity contribution in [3.05, 3.63) is 41.1 Å². The highest BCUT2D eigenvalue weighted by Gasteiger charge is 2.28. The van der Waals surface area contributed by atoms with Crippen LogP contribution < -0.4 is 0 Å². The molecule has 1 aromatic carbocycles. The van der Waals surface area contributed by atoms with Crippen LogP contribution in [0.4, 0.5) is 0 Å². The normalized spacial score (nSPS) is 11.9. The van der Waals surface area contributed by atoms with Crippen molar-refractivity contribution in [3.63, 3.8) is 0 Å². The molecule has 2 rings (SSSR count). The van der Waals surface area contributed by atoms with Gasteiger partial charge in [0.05, 0.1) is 23.7 Å². The van der Waals surface area contributed by atoms with E-state index in [0.29, 0.717) is 10.2 Å². The lowest BCUT2D eigenvalue weighted by Gasteiger charge is -2.17. The fourth-order valence-electron chi connectivity index (χ4n) is 1.70. The van der Waals surface area contributed by atoms with E-state index in [0.717, 1.165) is 5.56 Å². The van der Waals surface area contributed by atoms with Crippen molar-refractivity contribution >= 4 is 21.4 Å². The van der Waals surface area contributed by atoms with Gasteiger partial charge in [0, 0.05) is 5.56 Å². The minimum atomic E-state index is -3.86. The van der Waals surface area contributed by atoms with E-state index in [9.17, 15) is 8.42 Å². The quantitative estimate of drug-likeness (QED) is 0.796. The van der Waals surface area contributed by atoms with Crippen LogP contribution in [-0.4, -0.2) is 27.3 Å². The molecule has 0 N–H and O–H groups in total. The van der Waals surface area contributed by atoms with Gasteiger partial charge in [-0.15, -0.1) is 0 Å². The number of hydrogen-bond acceptors (Lipinski definition) is 5. The largest absolute Gasteiger partial charge is 0.289 e. The van der Waals surface area contributed by atoms with Gasteiger partial charge in [-0.05, 0) is 28.5 Å². The molecular weight excluding hydrogens is 286 g/mol. The Labute approximate surface area is 116 Å². The van der Waals surface area contributed by atoms with E-state index >= 15 is 0 Å². The lowest BCUT2D eigenvalue weighted by atomic mass is 10.1. The van der Waals surface area contributed by atoms with Crippen molar-refractivity contribution in [2.75, 3.05) is 14.2 Å². The number of thiophene rings is 1. The molecule has 1 aromatic heterocycles. The van der Waals surface area contributed by atoms with Crippen LogP contribution in [0.25, 0.3) is 11.1 Å². The molecule has 0 atom stereocenters. The molecule has 19 heavy (non-hydrogen) atoms. The maximum Gasteiger partial charge on any atom is 0.289 e. The van der Waals surface area contributed by atoms with Gasteiger partial charge in [0.1, 0.15) is 0 Å². The minimum Gasteiger partial charge on any atom is -0.264 e. The van der Waals surface area contributed by atoms with Crippen LogP contribution in [0.5, 0.6) is 0 Å². The highest BCUT2D eigenvalue weighted by molar-refractivity contribution is 7.89. The highest BCUT2D eigenvalue weighted by Crippen LogP contribution is 2.30. The van der Waals surface area contributed by atoms with E-state index < -0.39 is 10.0 Å². The van der Waals surface area contributed by atoms with Gasteiger partial charge in [0.25, 0.3) is 10.0 Å². The highest BCUT2D eigenvalue weighted by atomic mass is 32.2. The van der Waals surface area contributed by atoms with Crippen LogP contribution in [0.2, 0.25) is 0 Å². The molecule has 0 fully saturated rings. The monoisotopic (exact) mass is 299 g/mol. The summed E-state index contributed by atoms with van der Waals surface area (Å²) in [5, 5.41) is 3.78. The molecule has 0 spiro atoms. The Morgan fingerprint density at radius 3 is 2.37 bits per heavy atom. The van der Waals surface area contributed by atoms with Crippen LogP contribution in [0.15, 0.2) is 46.0 Å². The fraction of sp³-hybridized carbons (Fsp3) is 0.167. The third-order valence-electron chi connectivity index (χ3n) is 2.49. The van der Waals surface area contributed by atoms with E-state index in [4.69, 9.17) is 9.68 Å². The first kappa shape index (κ1) is 14.2. The lowest BCUT2D eigenvalue weighted by molar-refractivity contribution is -0.270. The molecule has 2 aromatic rings. The van der Waals surface area contributed by atoms with Gasteiger partial charge in [0.15, 0.2) is 0 Å². The molecular formula is C12H13NO4S2. The Kier molecular flexibility index (Phi) is 4.33. The maximum absolute atomic E-state index is 12.4. The zero-order valence-corrected chi connectivity index (χ0v) is 12.1. The summed E-state index contributed by atoms with van der Waals surface area (Å²) in [4.78, 5) is 9.57. The summed E-state index contributed by atoms with van der Waals surface area (Å²) in [5.41, 5.74) is 1.46. The first-order chi connectivity index (χ1) is 9.11. The number of rotatable bonds is 5. The summed E-state index contributed by atoms with van der Waals surface area (Å²) >= 11 is 1.50. The molecule has 102 valence electrons. The van der Waals surface area contributed by atoms with Gasteiger partial charge in [-0.1, -0.05) is 18.2 Å². The summed E-state index contributed by atoms with van der Waals surface area (Å²) in [6.07, 6.45) is 0. The second kappa shape index (κ2) is 5.81. The average Bonchev–Trinajstić information content (AvgIpc) is 2.93. The Morgan fingerprint density at radius 1 is 1.11 bits per heavy atom. The van der Waals surface area contributed by atoms with Crippen LogP contribution >= 0.6 is 11.3 Å². The third kappa shape index (κ3) is 2.70. The van der Waals surface area contributed by atoms with Crippen molar-refractivity contribution in [1.82, 2.24) is 4.63 Å². The molecule has 0 aliphatic heterocycles. The van der Waals surface area contributed by atoms with Crippen LogP contribution in [0.1, 0.15) is 0 Å². The molecule has 0 radical (unpaired) electrons. The molecule has 5 nitrogen and oxygen atoms in total. The van der Waals surface area contributed by atoms with Crippen molar-refractivity contribution in [2.24, 2.45) is 0 Å². The average molecular weight is 299 g/mol. The number of hydrogen-bond donors (Lipinski definition) is 0. The number of benzene rings is 1. The Balaban J connectivity index is 2.58. The molecule has 0 saturated carbocycles. The molecule has 1 heterocycles. The molecule has 0 aliphatic rings. The van der Waals surface area contributed by atoms with Gasteiger partial charge in [0.2, 0.25) is 0 Å². The van der Waals surface area contributed by atoms with E-state index in [1.165, 1.54) is 31.6 Å². The van der Waals surface area contributed by atoms with E-state index in [-0.39, 0.29) is 4.90 Å². The molecule has 0 amide bonds. The SMILES string of the molecule is CON(OC)S(=O)(=O)c1ccccc1-c1ccsc1. The number of nitrogens with zero attached hydrogens (tertiary/aromatic N) is 1. The van der Waals surface area contributed by atoms with Gasteiger partial charge in [-0.3, -0.25) is 9.68 Å². The van der Waals surface area contributed by atoms with E-state index in [1.54, 1.807) is 18.2 Å². The first-order valence-corrected chi connectivity index (χ1v) is 7.74. The van der Waals surface area contributed by atoms with Crippen molar-refractivity contribution < 1.29 is 18.1 Å². The second-order valence-electron chi connectivity index (χ2n) is 3.57. The molecule has 0 bridgehead atoms.